The number of halogens is 2. The quantitative estimate of drug-likeness (QED) is 0.199. The first-order valence-corrected chi connectivity index (χ1v) is 13.1. The number of amides is 1. The standard InChI is InChI=1S/C25H25Cl2N3O4S/c1-2-3-15-34-23-11-7-19(8-12-23)17-28-29-25(31)18-30(22-6-4-5-21(27)16-22)35(32,33)24-13-9-20(26)10-14-24/h4-14,16-17H,2-3,15,18H2,1H3,(H,29,31)/b28-17-. The lowest BCUT2D eigenvalue weighted by Gasteiger charge is -2.23. The van der Waals surface area contributed by atoms with Gasteiger partial charge < -0.3 is 4.74 Å². The van der Waals surface area contributed by atoms with E-state index >= 15 is 0 Å². The average molecular weight is 534 g/mol. The summed E-state index contributed by atoms with van der Waals surface area (Å²) in [7, 11) is -4.08. The van der Waals surface area contributed by atoms with Crippen LogP contribution in [0.15, 0.2) is 82.8 Å². The van der Waals surface area contributed by atoms with E-state index in [-0.39, 0.29) is 10.6 Å². The molecule has 0 spiro atoms. The van der Waals surface area contributed by atoms with Gasteiger partial charge in [-0.15, -0.1) is 0 Å². The summed E-state index contributed by atoms with van der Waals surface area (Å²) in [5, 5.41) is 4.67. The molecule has 1 N–H and O–H groups in total. The molecular weight excluding hydrogens is 509 g/mol. The molecule has 0 unspecified atom stereocenters. The summed E-state index contributed by atoms with van der Waals surface area (Å²) in [6.45, 7) is 2.24. The third kappa shape index (κ3) is 7.71. The highest BCUT2D eigenvalue weighted by atomic mass is 35.5. The van der Waals surface area contributed by atoms with Crippen LogP contribution in [0.1, 0.15) is 25.3 Å². The fourth-order valence-electron chi connectivity index (χ4n) is 3.01. The topological polar surface area (TPSA) is 88.1 Å². The van der Waals surface area contributed by atoms with Crippen LogP contribution in [0.25, 0.3) is 0 Å². The molecule has 0 aromatic heterocycles. The van der Waals surface area contributed by atoms with Crippen LogP contribution in [-0.4, -0.2) is 33.7 Å². The minimum absolute atomic E-state index is 0.0144. The number of hydrazone groups is 1. The number of nitrogens with one attached hydrogen (secondary N) is 1. The van der Waals surface area contributed by atoms with Crippen molar-refractivity contribution in [2.45, 2.75) is 24.7 Å². The van der Waals surface area contributed by atoms with Crippen LogP contribution in [0.3, 0.4) is 0 Å². The molecule has 3 rings (SSSR count). The molecule has 7 nitrogen and oxygen atoms in total. The van der Waals surface area contributed by atoms with Gasteiger partial charge in [0.2, 0.25) is 0 Å². The van der Waals surface area contributed by atoms with Crippen molar-refractivity contribution in [3.8, 4) is 5.75 Å². The molecule has 0 saturated carbocycles. The molecule has 0 bridgehead atoms. The number of unbranched alkanes of at least 4 members (excludes halogenated alkanes) is 1. The average Bonchev–Trinajstić information content (AvgIpc) is 2.84. The van der Waals surface area contributed by atoms with Crippen molar-refractivity contribution in [1.29, 1.82) is 0 Å². The number of ether oxygens (including phenoxy) is 1. The Labute approximate surface area is 215 Å². The molecule has 0 atom stereocenters. The van der Waals surface area contributed by atoms with Crippen molar-refractivity contribution in [3.05, 3.63) is 88.4 Å². The maximum Gasteiger partial charge on any atom is 0.264 e. The van der Waals surface area contributed by atoms with E-state index in [9.17, 15) is 13.2 Å². The summed E-state index contributed by atoms with van der Waals surface area (Å²) in [6.07, 6.45) is 3.50. The third-order valence-corrected chi connectivity index (χ3v) is 7.11. The maximum absolute atomic E-state index is 13.3. The van der Waals surface area contributed by atoms with Crippen LogP contribution < -0.4 is 14.5 Å². The smallest absolute Gasteiger partial charge is 0.264 e. The van der Waals surface area contributed by atoms with Crippen LogP contribution in [0.5, 0.6) is 5.75 Å². The van der Waals surface area contributed by atoms with E-state index in [1.54, 1.807) is 30.3 Å². The molecule has 0 aliphatic carbocycles. The van der Waals surface area contributed by atoms with Crippen LogP contribution >= 0.6 is 23.2 Å². The fourth-order valence-corrected chi connectivity index (χ4v) is 4.73. The number of hydrogen-bond acceptors (Lipinski definition) is 5. The number of hydrogen-bond donors (Lipinski definition) is 1. The first-order valence-electron chi connectivity index (χ1n) is 10.9. The fraction of sp³-hybridized carbons (Fsp3) is 0.200. The highest BCUT2D eigenvalue weighted by Crippen LogP contribution is 2.26. The molecular formula is C25H25Cl2N3O4S. The normalized spacial score (nSPS) is 11.4. The lowest BCUT2D eigenvalue weighted by Crippen LogP contribution is -2.39. The number of benzene rings is 3. The minimum Gasteiger partial charge on any atom is -0.494 e. The molecule has 0 heterocycles. The third-order valence-electron chi connectivity index (χ3n) is 4.83. The van der Waals surface area contributed by atoms with E-state index in [0.717, 1.165) is 28.5 Å². The summed E-state index contributed by atoms with van der Waals surface area (Å²) in [5.41, 5.74) is 3.36. The Morgan fingerprint density at radius 3 is 2.40 bits per heavy atom. The molecule has 0 saturated heterocycles. The maximum atomic E-state index is 13.3. The number of anilines is 1. The second-order valence-corrected chi connectivity index (χ2v) is 10.2. The summed E-state index contributed by atoms with van der Waals surface area (Å²) in [5.74, 6) is 0.127. The number of carbonyl (C=O) groups excluding carboxylic acids is 1. The number of rotatable bonds is 11. The zero-order valence-corrected chi connectivity index (χ0v) is 21.4. The summed E-state index contributed by atoms with van der Waals surface area (Å²) in [6, 6.07) is 19.2. The molecule has 3 aromatic rings. The van der Waals surface area contributed by atoms with E-state index in [1.807, 2.05) is 12.1 Å². The summed E-state index contributed by atoms with van der Waals surface area (Å²) >= 11 is 12.0. The molecule has 3 aromatic carbocycles. The molecule has 0 fully saturated rings. The SMILES string of the molecule is CCCCOc1ccc(/C=N\NC(=O)CN(c2cccc(Cl)c2)S(=O)(=O)c2ccc(Cl)cc2)cc1. The van der Waals surface area contributed by atoms with Crippen molar-refractivity contribution >= 4 is 51.0 Å². The Hall–Kier alpha value is -3.07. The van der Waals surface area contributed by atoms with Crippen molar-refractivity contribution in [2.24, 2.45) is 5.10 Å². The Kier molecular flexibility index (Phi) is 9.54. The molecule has 10 heteroatoms. The molecule has 184 valence electrons. The van der Waals surface area contributed by atoms with Crippen molar-refractivity contribution < 1.29 is 17.9 Å². The zero-order valence-electron chi connectivity index (χ0n) is 19.0. The summed E-state index contributed by atoms with van der Waals surface area (Å²) < 4.78 is 33.2. The van der Waals surface area contributed by atoms with Gasteiger partial charge >= 0.3 is 0 Å². The number of sulfonamides is 1. The Morgan fingerprint density at radius 2 is 1.74 bits per heavy atom. The van der Waals surface area contributed by atoms with Gasteiger partial charge in [-0.25, -0.2) is 13.8 Å². The Morgan fingerprint density at radius 1 is 1.03 bits per heavy atom. The summed E-state index contributed by atoms with van der Waals surface area (Å²) in [4.78, 5) is 12.6. The van der Waals surface area contributed by atoms with Gasteiger partial charge in [0.25, 0.3) is 15.9 Å². The molecule has 1 amide bonds. The zero-order chi connectivity index (χ0) is 25.3. The van der Waals surface area contributed by atoms with Crippen LogP contribution in [-0.2, 0) is 14.8 Å². The van der Waals surface area contributed by atoms with Crippen molar-refractivity contribution in [3.63, 3.8) is 0 Å². The van der Waals surface area contributed by atoms with E-state index in [2.05, 4.69) is 17.5 Å². The van der Waals surface area contributed by atoms with Gasteiger partial charge in [0.1, 0.15) is 12.3 Å². The monoisotopic (exact) mass is 533 g/mol. The Balaban J connectivity index is 1.72. The van der Waals surface area contributed by atoms with Gasteiger partial charge in [-0.3, -0.25) is 9.10 Å². The van der Waals surface area contributed by atoms with Crippen LogP contribution in [0, 0.1) is 0 Å². The lowest BCUT2D eigenvalue weighted by atomic mass is 10.2. The predicted molar refractivity (Wildman–Crippen MR) is 140 cm³/mol. The van der Waals surface area contributed by atoms with Gasteiger partial charge in [0, 0.05) is 10.0 Å². The second-order valence-electron chi connectivity index (χ2n) is 7.51. The number of nitrogens with zero attached hydrogens (tertiary/aromatic N) is 2. The first kappa shape index (κ1) is 26.5. The largest absolute Gasteiger partial charge is 0.494 e. The van der Waals surface area contributed by atoms with Gasteiger partial charge in [0.05, 0.1) is 23.4 Å². The van der Waals surface area contributed by atoms with Gasteiger partial charge in [-0.2, -0.15) is 5.10 Å². The molecule has 0 aliphatic heterocycles. The first-order chi connectivity index (χ1) is 16.8. The minimum atomic E-state index is -4.08. The van der Waals surface area contributed by atoms with Gasteiger partial charge in [0.15, 0.2) is 0 Å². The molecule has 0 radical (unpaired) electrons. The van der Waals surface area contributed by atoms with E-state index in [1.165, 1.54) is 36.5 Å². The van der Waals surface area contributed by atoms with Crippen LogP contribution in [0.4, 0.5) is 5.69 Å². The van der Waals surface area contributed by atoms with E-state index in [0.29, 0.717) is 16.7 Å². The van der Waals surface area contributed by atoms with E-state index in [4.69, 9.17) is 27.9 Å². The molecule has 35 heavy (non-hydrogen) atoms. The molecule has 0 aliphatic rings. The van der Waals surface area contributed by atoms with Gasteiger partial charge in [-0.1, -0.05) is 42.6 Å². The van der Waals surface area contributed by atoms with Crippen molar-refractivity contribution in [2.75, 3.05) is 17.5 Å². The predicted octanol–water partition coefficient (Wildman–Crippen LogP) is 5.52. The van der Waals surface area contributed by atoms with Gasteiger partial charge in [-0.05, 0) is 78.7 Å². The van der Waals surface area contributed by atoms with Crippen molar-refractivity contribution in [1.82, 2.24) is 5.43 Å². The van der Waals surface area contributed by atoms with E-state index < -0.39 is 22.5 Å². The number of carbonyl (C=O) groups is 1. The Bertz CT molecular complexity index is 1260. The lowest BCUT2D eigenvalue weighted by molar-refractivity contribution is -0.119. The highest BCUT2D eigenvalue weighted by Gasteiger charge is 2.27. The highest BCUT2D eigenvalue weighted by molar-refractivity contribution is 7.92. The second kappa shape index (κ2) is 12.6. The van der Waals surface area contributed by atoms with Crippen LogP contribution in [0.2, 0.25) is 10.0 Å².